The van der Waals surface area contributed by atoms with Crippen molar-refractivity contribution >= 4 is 5.91 Å². The van der Waals surface area contributed by atoms with Gasteiger partial charge in [0, 0.05) is 18.5 Å². The van der Waals surface area contributed by atoms with E-state index < -0.39 is 22.7 Å². The van der Waals surface area contributed by atoms with Crippen LogP contribution in [-0.4, -0.2) is 38.9 Å². The van der Waals surface area contributed by atoms with Crippen molar-refractivity contribution in [1.29, 1.82) is 0 Å². The first kappa shape index (κ1) is 17.1. The zero-order valence-electron chi connectivity index (χ0n) is 14.3. The van der Waals surface area contributed by atoms with Crippen LogP contribution in [0.3, 0.4) is 0 Å². The minimum absolute atomic E-state index is 0.0376. The number of carbonyl (C=O) groups excluding carboxylic acids is 1. The van der Waals surface area contributed by atoms with Gasteiger partial charge in [0.15, 0.2) is 5.54 Å². The fourth-order valence-electron chi connectivity index (χ4n) is 3.79. The van der Waals surface area contributed by atoms with Crippen LogP contribution in [0.25, 0.3) is 0 Å². The first-order valence-corrected chi connectivity index (χ1v) is 8.59. The summed E-state index contributed by atoms with van der Waals surface area (Å²) in [5.41, 5.74) is -1.24. The van der Waals surface area contributed by atoms with Crippen LogP contribution in [0.15, 0.2) is 36.7 Å². The molecule has 0 N–H and O–H groups in total. The highest BCUT2D eigenvalue weighted by Gasteiger charge is 2.57. The summed E-state index contributed by atoms with van der Waals surface area (Å²) in [4.78, 5) is 16.2. The molecule has 0 spiro atoms. The standard InChI is InChI=1S/C18H19F3N4O/c1-16(13-3-2-4-14(11-13)18(19,20)21)7-10-24(12-16)15(26)17(5-6-17)25-22-8-9-23-25/h2-4,8-9,11H,5-7,10,12H2,1H3. The van der Waals surface area contributed by atoms with E-state index in [1.54, 1.807) is 23.4 Å². The van der Waals surface area contributed by atoms with E-state index in [4.69, 9.17) is 0 Å². The summed E-state index contributed by atoms with van der Waals surface area (Å²) >= 11 is 0. The number of halogens is 3. The highest BCUT2D eigenvalue weighted by atomic mass is 19.4. The molecular weight excluding hydrogens is 345 g/mol. The molecule has 0 radical (unpaired) electrons. The van der Waals surface area contributed by atoms with Gasteiger partial charge < -0.3 is 4.90 Å². The number of alkyl halides is 3. The third-order valence-corrected chi connectivity index (χ3v) is 5.57. The van der Waals surface area contributed by atoms with Crippen molar-refractivity contribution in [3.05, 3.63) is 47.8 Å². The Balaban J connectivity index is 1.56. The third-order valence-electron chi connectivity index (χ3n) is 5.57. The number of likely N-dealkylation sites (tertiary alicyclic amines) is 1. The van der Waals surface area contributed by atoms with Gasteiger partial charge in [-0.1, -0.05) is 25.1 Å². The number of benzene rings is 1. The third kappa shape index (κ3) is 2.68. The minimum Gasteiger partial charge on any atom is -0.340 e. The van der Waals surface area contributed by atoms with Crippen molar-refractivity contribution in [3.8, 4) is 0 Å². The van der Waals surface area contributed by atoms with Gasteiger partial charge in [0.05, 0.1) is 18.0 Å². The number of aromatic nitrogens is 3. The monoisotopic (exact) mass is 364 g/mol. The highest BCUT2D eigenvalue weighted by molar-refractivity contribution is 5.87. The van der Waals surface area contributed by atoms with Gasteiger partial charge in [-0.2, -0.15) is 28.2 Å². The Morgan fingerprint density at radius 2 is 1.85 bits per heavy atom. The zero-order chi connectivity index (χ0) is 18.6. The summed E-state index contributed by atoms with van der Waals surface area (Å²) < 4.78 is 39.1. The predicted molar refractivity (Wildman–Crippen MR) is 87.2 cm³/mol. The summed E-state index contributed by atoms with van der Waals surface area (Å²) in [6, 6.07) is 5.43. The summed E-state index contributed by atoms with van der Waals surface area (Å²) in [5.74, 6) is -0.0376. The Kier molecular flexibility index (Phi) is 3.65. The second kappa shape index (κ2) is 5.56. The maximum atomic E-state index is 13.0. The number of rotatable bonds is 3. The summed E-state index contributed by atoms with van der Waals surface area (Å²) in [7, 11) is 0. The van der Waals surface area contributed by atoms with E-state index in [-0.39, 0.29) is 5.91 Å². The molecule has 26 heavy (non-hydrogen) atoms. The van der Waals surface area contributed by atoms with Crippen LogP contribution in [0.2, 0.25) is 0 Å². The summed E-state index contributed by atoms with van der Waals surface area (Å²) in [5, 5.41) is 8.22. The molecule has 138 valence electrons. The van der Waals surface area contributed by atoms with E-state index in [2.05, 4.69) is 10.2 Å². The van der Waals surface area contributed by atoms with Crippen LogP contribution in [-0.2, 0) is 21.9 Å². The van der Waals surface area contributed by atoms with Crippen molar-refractivity contribution in [2.24, 2.45) is 0 Å². The Bertz CT molecular complexity index is 829. The Labute approximate surface area is 148 Å². The fourth-order valence-corrected chi connectivity index (χ4v) is 3.79. The second-order valence-corrected chi connectivity index (χ2v) is 7.47. The topological polar surface area (TPSA) is 51.0 Å². The Morgan fingerprint density at radius 1 is 1.15 bits per heavy atom. The molecule has 1 unspecified atom stereocenters. The number of nitrogens with zero attached hydrogens (tertiary/aromatic N) is 4. The van der Waals surface area contributed by atoms with Crippen LogP contribution < -0.4 is 0 Å². The SMILES string of the molecule is CC1(c2cccc(C(F)(F)F)c2)CCN(C(=O)C2(n3nccn3)CC2)C1. The molecular formula is C18H19F3N4O. The van der Waals surface area contributed by atoms with Gasteiger partial charge in [-0.15, -0.1) is 0 Å². The second-order valence-electron chi connectivity index (χ2n) is 7.47. The van der Waals surface area contributed by atoms with Crippen LogP contribution in [0, 0.1) is 0 Å². The number of carbonyl (C=O) groups is 1. The lowest BCUT2D eigenvalue weighted by molar-refractivity contribution is -0.138. The lowest BCUT2D eigenvalue weighted by atomic mass is 9.81. The molecule has 2 aliphatic rings. The lowest BCUT2D eigenvalue weighted by Crippen LogP contribution is -2.43. The van der Waals surface area contributed by atoms with Crippen molar-refractivity contribution in [2.75, 3.05) is 13.1 Å². The van der Waals surface area contributed by atoms with Crippen LogP contribution in [0.4, 0.5) is 13.2 Å². The molecule has 1 atom stereocenters. The Morgan fingerprint density at radius 3 is 2.46 bits per heavy atom. The van der Waals surface area contributed by atoms with E-state index in [0.29, 0.717) is 37.9 Å². The van der Waals surface area contributed by atoms with Gasteiger partial charge in [0.25, 0.3) is 5.91 Å². The van der Waals surface area contributed by atoms with Crippen LogP contribution >= 0.6 is 0 Å². The van der Waals surface area contributed by atoms with Gasteiger partial charge in [-0.05, 0) is 30.9 Å². The van der Waals surface area contributed by atoms with Gasteiger partial charge in [0.1, 0.15) is 0 Å². The minimum atomic E-state index is -4.37. The molecule has 2 fully saturated rings. The van der Waals surface area contributed by atoms with Crippen LogP contribution in [0.5, 0.6) is 0 Å². The van der Waals surface area contributed by atoms with E-state index in [9.17, 15) is 18.0 Å². The molecule has 1 saturated carbocycles. The molecule has 1 saturated heterocycles. The van der Waals surface area contributed by atoms with E-state index >= 15 is 0 Å². The van der Waals surface area contributed by atoms with Gasteiger partial charge in [-0.3, -0.25) is 4.79 Å². The largest absolute Gasteiger partial charge is 0.416 e. The molecule has 5 nitrogen and oxygen atoms in total. The average molecular weight is 364 g/mol. The predicted octanol–water partition coefficient (Wildman–Crippen LogP) is 2.98. The lowest BCUT2D eigenvalue weighted by Gasteiger charge is -2.27. The summed E-state index contributed by atoms with van der Waals surface area (Å²) in [6.07, 6.45) is 0.732. The average Bonchev–Trinajstić information content (AvgIpc) is 3.04. The molecule has 4 rings (SSSR count). The smallest absolute Gasteiger partial charge is 0.340 e. The molecule has 2 aromatic rings. The van der Waals surface area contributed by atoms with Gasteiger partial charge >= 0.3 is 6.18 Å². The van der Waals surface area contributed by atoms with E-state index in [0.717, 1.165) is 6.07 Å². The van der Waals surface area contributed by atoms with Gasteiger partial charge in [-0.25, -0.2) is 0 Å². The summed E-state index contributed by atoms with van der Waals surface area (Å²) in [6.45, 7) is 2.84. The first-order valence-electron chi connectivity index (χ1n) is 8.59. The number of amides is 1. The molecule has 1 aromatic carbocycles. The zero-order valence-corrected chi connectivity index (χ0v) is 14.3. The maximum Gasteiger partial charge on any atom is 0.416 e. The van der Waals surface area contributed by atoms with Gasteiger partial charge in [0.2, 0.25) is 0 Å². The molecule has 1 aromatic heterocycles. The van der Waals surface area contributed by atoms with E-state index in [1.165, 1.54) is 16.9 Å². The van der Waals surface area contributed by atoms with Crippen molar-refractivity contribution < 1.29 is 18.0 Å². The first-order chi connectivity index (χ1) is 12.2. The maximum absolute atomic E-state index is 13.0. The molecule has 1 aliphatic heterocycles. The molecule has 1 aliphatic carbocycles. The number of hydrogen-bond donors (Lipinski definition) is 0. The quantitative estimate of drug-likeness (QED) is 0.841. The fraction of sp³-hybridized carbons (Fsp3) is 0.500. The van der Waals surface area contributed by atoms with Crippen molar-refractivity contribution in [1.82, 2.24) is 19.9 Å². The number of hydrogen-bond acceptors (Lipinski definition) is 3. The molecule has 2 heterocycles. The van der Waals surface area contributed by atoms with Crippen molar-refractivity contribution in [2.45, 2.75) is 43.3 Å². The molecule has 8 heteroatoms. The molecule has 1 amide bonds. The van der Waals surface area contributed by atoms with Crippen molar-refractivity contribution in [3.63, 3.8) is 0 Å². The van der Waals surface area contributed by atoms with E-state index in [1.807, 2.05) is 6.92 Å². The highest BCUT2D eigenvalue weighted by Crippen LogP contribution is 2.46. The Hall–Kier alpha value is -2.38. The normalized spacial score (nSPS) is 24.7. The molecule has 0 bridgehead atoms. The van der Waals surface area contributed by atoms with Crippen LogP contribution in [0.1, 0.15) is 37.3 Å².